The Hall–Kier alpha value is -2.73. The molecule has 0 aromatic heterocycles. The third-order valence-electron chi connectivity index (χ3n) is 2.69. The van der Waals surface area contributed by atoms with Gasteiger partial charge < -0.3 is 10.4 Å². The fourth-order valence-corrected chi connectivity index (χ4v) is 2.04. The number of phenolic OH excluding ortho intramolecular Hbond substituents is 1. The number of phenols is 1. The molecule has 0 atom stereocenters. The van der Waals surface area contributed by atoms with E-state index in [0.29, 0.717) is 16.1 Å². The Kier molecular flexibility index (Phi) is 4.63. The van der Waals surface area contributed by atoms with Crippen molar-refractivity contribution in [2.24, 2.45) is 0 Å². The van der Waals surface area contributed by atoms with Crippen LogP contribution in [0.1, 0.15) is 11.1 Å². The van der Waals surface area contributed by atoms with Gasteiger partial charge in [0.1, 0.15) is 10.7 Å². The lowest BCUT2D eigenvalue weighted by atomic mass is 10.1. The Morgan fingerprint density at radius 2 is 1.95 bits per heavy atom. The van der Waals surface area contributed by atoms with E-state index in [2.05, 4.69) is 5.32 Å². The van der Waals surface area contributed by atoms with Crippen LogP contribution in [0.3, 0.4) is 0 Å². The molecule has 5 nitrogen and oxygen atoms in total. The van der Waals surface area contributed by atoms with Crippen molar-refractivity contribution in [1.29, 1.82) is 0 Å². The van der Waals surface area contributed by atoms with Crippen molar-refractivity contribution in [3.63, 3.8) is 0 Å². The summed E-state index contributed by atoms with van der Waals surface area (Å²) in [6, 6.07) is 13.8. The van der Waals surface area contributed by atoms with Gasteiger partial charge in [-0.1, -0.05) is 36.5 Å². The van der Waals surface area contributed by atoms with Crippen LogP contribution in [0.2, 0.25) is 0 Å². The van der Waals surface area contributed by atoms with Crippen molar-refractivity contribution < 1.29 is 10.0 Å². The van der Waals surface area contributed by atoms with Crippen molar-refractivity contribution in [2.75, 3.05) is 5.32 Å². The molecule has 0 heterocycles. The molecule has 0 aliphatic rings. The molecule has 0 radical (unpaired) electrons. The number of para-hydroxylation sites is 1. The highest BCUT2D eigenvalue weighted by atomic mass is 32.1. The van der Waals surface area contributed by atoms with Gasteiger partial charge >= 0.3 is 0 Å². The van der Waals surface area contributed by atoms with E-state index in [0.717, 1.165) is 11.9 Å². The van der Waals surface area contributed by atoms with Crippen LogP contribution < -0.4 is 5.32 Å². The predicted molar refractivity (Wildman–Crippen MR) is 85.9 cm³/mol. The molecule has 6 heteroatoms. The van der Waals surface area contributed by atoms with Crippen molar-refractivity contribution in [3.05, 3.63) is 76.0 Å². The largest absolute Gasteiger partial charge is 0.508 e. The van der Waals surface area contributed by atoms with Crippen LogP contribution in [-0.4, -0.2) is 15.0 Å². The second-order valence-corrected chi connectivity index (χ2v) is 4.60. The first-order chi connectivity index (χ1) is 10.1. The molecule has 0 aliphatic carbocycles. The Morgan fingerprint density at radius 3 is 2.62 bits per heavy atom. The molecule has 21 heavy (non-hydrogen) atoms. The van der Waals surface area contributed by atoms with Gasteiger partial charge in [0.05, 0.1) is 4.92 Å². The Bertz CT molecular complexity index is 699. The monoisotopic (exact) mass is 300 g/mol. The van der Waals surface area contributed by atoms with Crippen LogP contribution in [0, 0.1) is 10.1 Å². The number of thiocarbonyl (C=S) groups is 1. The number of hydrogen-bond donors (Lipinski definition) is 2. The number of anilines is 1. The summed E-state index contributed by atoms with van der Waals surface area (Å²) in [6.07, 6.45) is 2.18. The Labute approximate surface area is 126 Å². The van der Waals surface area contributed by atoms with Crippen molar-refractivity contribution in [1.82, 2.24) is 0 Å². The number of nitrogens with one attached hydrogen (secondary N) is 1. The first kappa shape index (κ1) is 14.7. The number of rotatable bonds is 4. The molecule has 0 saturated heterocycles. The topological polar surface area (TPSA) is 75.4 Å². The summed E-state index contributed by atoms with van der Waals surface area (Å²) < 4.78 is 0. The fourth-order valence-electron chi connectivity index (χ4n) is 1.75. The van der Waals surface area contributed by atoms with E-state index in [1.807, 2.05) is 30.3 Å². The highest BCUT2D eigenvalue weighted by Crippen LogP contribution is 2.20. The van der Waals surface area contributed by atoms with Crippen LogP contribution in [0.25, 0.3) is 6.08 Å². The minimum absolute atomic E-state index is 0.0421. The average molecular weight is 300 g/mol. The number of nitrogens with zero attached hydrogens (tertiary/aromatic N) is 1. The summed E-state index contributed by atoms with van der Waals surface area (Å²) in [6.45, 7) is 0. The lowest BCUT2D eigenvalue weighted by Crippen LogP contribution is -2.11. The van der Waals surface area contributed by atoms with Crippen LogP contribution in [0.5, 0.6) is 5.75 Å². The molecular weight excluding hydrogens is 288 g/mol. The van der Waals surface area contributed by atoms with Gasteiger partial charge in [0.15, 0.2) is 0 Å². The van der Waals surface area contributed by atoms with E-state index in [1.54, 1.807) is 6.07 Å². The summed E-state index contributed by atoms with van der Waals surface area (Å²) >= 11 is 5.30. The number of hydrogen-bond acceptors (Lipinski definition) is 4. The molecule has 2 rings (SSSR count). The fraction of sp³-hybridized carbons (Fsp3) is 0. The maximum absolute atomic E-state index is 10.4. The standard InChI is InChI=1S/C15H12N2O3S/c18-13-7-6-11(8-9-17(19)20)14(10-13)15(21)16-12-4-2-1-3-5-12/h1-10,18H,(H,16,21). The van der Waals surface area contributed by atoms with E-state index in [9.17, 15) is 15.2 Å². The maximum Gasteiger partial charge on any atom is 0.235 e. The van der Waals surface area contributed by atoms with Crippen LogP contribution in [0.15, 0.2) is 54.7 Å². The number of aromatic hydroxyl groups is 1. The van der Waals surface area contributed by atoms with Crippen molar-refractivity contribution >= 4 is 29.0 Å². The Morgan fingerprint density at radius 1 is 1.24 bits per heavy atom. The molecule has 0 amide bonds. The van der Waals surface area contributed by atoms with Gasteiger partial charge in [-0.2, -0.15) is 0 Å². The molecule has 0 spiro atoms. The second-order valence-electron chi connectivity index (χ2n) is 4.19. The molecule has 106 valence electrons. The van der Waals surface area contributed by atoms with Gasteiger partial charge in [-0.15, -0.1) is 0 Å². The summed E-state index contributed by atoms with van der Waals surface area (Å²) in [4.78, 5) is 10.3. The molecular formula is C15H12N2O3S. The summed E-state index contributed by atoms with van der Waals surface area (Å²) in [5.41, 5.74) is 1.87. The third kappa shape index (κ3) is 4.12. The lowest BCUT2D eigenvalue weighted by molar-refractivity contribution is -0.400. The first-order valence-electron chi connectivity index (χ1n) is 6.07. The molecule has 0 saturated carbocycles. The maximum atomic E-state index is 10.4. The van der Waals surface area contributed by atoms with E-state index in [4.69, 9.17) is 12.2 Å². The average Bonchev–Trinajstić information content (AvgIpc) is 2.46. The molecule has 0 fully saturated rings. The minimum atomic E-state index is -0.551. The first-order valence-corrected chi connectivity index (χ1v) is 6.48. The zero-order valence-corrected chi connectivity index (χ0v) is 11.7. The third-order valence-corrected chi connectivity index (χ3v) is 3.01. The smallest absolute Gasteiger partial charge is 0.235 e. The lowest BCUT2D eigenvalue weighted by Gasteiger charge is -2.11. The molecule has 2 N–H and O–H groups in total. The number of benzene rings is 2. The van der Waals surface area contributed by atoms with Crippen molar-refractivity contribution in [2.45, 2.75) is 0 Å². The summed E-state index contributed by atoms with van der Waals surface area (Å²) in [7, 11) is 0. The van der Waals surface area contributed by atoms with Gasteiger partial charge in [0.2, 0.25) is 6.20 Å². The summed E-state index contributed by atoms with van der Waals surface area (Å²) in [5, 5.41) is 23.0. The van der Waals surface area contributed by atoms with Crippen LogP contribution in [0.4, 0.5) is 5.69 Å². The molecule has 2 aromatic carbocycles. The zero-order valence-electron chi connectivity index (χ0n) is 10.9. The van der Waals surface area contributed by atoms with E-state index < -0.39 is 4.92 Å². The quantitative estimate of drug-likeness (QED) is 0.514. The summed E-state index contributed by atoms with van der Waals surface area (Å²) in [5.74, 6) is 0.0421. The molecule has 0 unspecified atom stereocenters. The SMILES string of the molecule is O=[N+]([O-])C=Cc1ccc(O)cc1C(=S)Nc1ccccc1. The zero-order chi connectivity index (χ0) is 15.2. The minimum Gasteiger partial charge on any atom is -0.508 e. The van der Waals surface area contributed by atoms with Gasteiger partial charge in [-0.3, -0.25) is 10.1 Å². The van der Waals surface area contributed by atoms with E-state index in [-0.39, 0.29) is 5.75 Å². The van der Waals surface area contributed by atoms with E-state index >= 15 is 0 Å². The molecule has 0 aliphatic heterocycles. The predicted octanol–water partition coefficient (Wildman–Crippen LogP) is 3.43. The molecule has 2 aromatic rings. The van der Waals surface area contributed by atoms with Crippen LogP contribution >= 0.6 is 12.2 Å². The number of nitro groups is 1. The van der Waals surface area contributed by atoms with Crippen molar-refractivity contribution in [3.8, 4) is 5.75 Å². The Balaban J connectivity index is 2.31. The van der Waals surface area contributed by atoms with Gasteiger partial charge in [-0.05, 0) is 29.8 Å². The van der Waals surface area contributed by atoms with Gasteiger partial charge in [0, 0.05) is 17.3 Å². The highest BCUT2D eigenvalue weighted by Gasteiger charge is 2.08. The molecule has 0 bridgehead atoms. The highest BCUT2D eigenvalue weighted by molar-refractivity contribution is 7.81. The van der Waals surface area contributed by atoms with Gasteiger partial charge in [0.25, 0.3) is 0 Å². The van der Waals surface area contributed by atoms with Crippen LogP contribution in [-0.2, 0) is 0 Å². The van der Waals surface area contributed by atoms with E-state index in [1.165, 1.54) is 18.2 Å². The van der Waals surface area contributed by atoms with Gasteiger partial charge in [-0.25, -0.2) is 0 Å². The second kappa shape index (κ2) is 6.62. The normalized spacial score (nSPS) is 10.5.